The lowest BCUT2D eigenvalue weighted by Crippen LogP contribution is -2.34. The number of carbonyl (C=O) groups excluding carboxylic acids is 1. The lowest BCUT2D eigenvalue weighted by molar-refractivity contribution is 0.0700. The topological polar surface area (TPSA) is 67.3 Å². The second kappa shape index (κ2) is 6.80. The van der Waals surface area contributed by atoms with Crippen molar-refractivity contribution in [2.75, 3.05) is 39.2 Å². The zero-order valence-corrected chi connectivity index (χ0v) is 10.4. The van der Waals surface area contributed by atoms with Crippen LogP contribution in [0.5, 0.6) is 0 Å². The first-order chi connectivity index (χ1) is 8.22. The number of nitrogens with one attached hydrogen (secondary N) is 1. The SMILES string of the molecule is CCN(CCOC)C(=O)c1cnc(NC)cn1. The van der Waals surface area contributed by atoms with Crippen LogP contribution in [-0.4, -0.2) is 54.6 Å². The molecule has 6 heteroatoms. The van der Waals surface area contributed by atoms with Crippen LogP contribution in [0.1, 0.15) is 17.4 Å². The molecule has 0 unspecified atom stereocenters. The average Bonchev–Trinajstić information content (AvgIpc) is 2.39. The molecule has 1 N–H and O–H groups in total. The summed E-state index contributed by atoms with van der Waals surface area (Å²) < 4.78 is 4.96. The van der Waals surface area contributed by atoms with E-state index in [1.165, 1.54) is 12.4 Å². The molecular formula is C11H18N4O2. The first-order valence-electron chi connectivity index (χ1n) is 5.51. The van der Waals surface area contributed by atoms with E-state index >= 15 is 0 Å². The number of methoxy groups -OCH3 is 1. The standard InChI is InChI=1S/C11H18N4O2/c1-4-15(5-6-17-3)11(16)9-7-14-10(12-2)8-13-9/h7-8H,4-6H2,1-3H3,(H,12,14). The summed E-state index contributed by atoms with van der Waals surface area (Å²) in [5, 5.41) is 2.85. The van der Waals surface area contributed by atoms with Gasteiger partial charge in [-0.05, 0) is 6.92 Å². The van der Waals surface area contributed by atoms with Gasteiger partial charge in [0, 0.05) is 27.2 Å². The highest BCUT2D eigenvalue weighted by Gasteiger charge is 2.15. The number of anilines is 1. The van der Waals surface area contributed by atoms with Crippen molar-refractivity contribution < 1.29 is 9.53 Å². The van der Waals surface area contributed by atoms with Gasteiger partial charge in [0.15, 0.2) is 0 Å². The quantitative estimate of drug-likeness (QED) is 0.787. The van der Waals surface area contributed by atoms with E-state index in [1.807, 2.05) is 6.92 Å². The van der Waals surface area contributed by atoms with Gasteiger partial charge in [-0.1, -0.05) is 0 Å². The molecule has 17 heavy (non-hydrogen) atoms. The molecule has 0 bridgehead atoms. The van der Waals surface area contributed by atoms with Crippen LogP contribution in [0.3, 0.4) is 0 Å². The number of nitrogens with zero attached hydrogens (tertiary/aromatic N) is 3. The number of aromatic nitrogens is 2. The molecule has 0 aliphatic heterocycles. The first-order valence-corrected chi connectivity index (χ1v) is 5.51. The van der Waals surface area contributed by atoms with Crippen molar-refractivity contribution in [3.8, 4) is 0 Å². The molecular weight excluding hydrogens is 220 g/mol. The normalized spacial score (nSPS) is 10.1. The largest absolute Gasteiger partial charge is 0.383 e. The molecule has 94 valence electrons. The minimum absolute atomic E-state index is 0.125. The number of hydrogen-bond acceptors (Lipinski definition) is 5. The van der Waals surface area contributed by atoms with Gasteiger partial charge < -0.3 is 15.0 Å². The molecule has 0 radical (unpaired) electrons. The second-order valence-electron chi connectivity index (χ2n) is 3.41. The molecule has 1 amide bonds. The highest BCUT2D eigenvalue weighted by atomic mass is 16.5. The smallest absolute Gasteiger partial charge is 0.274 e. The fourth-order valence-electron chi connectivity index (χ4n) is 1.33. The lowest BCUT2D eigenvalue weighted by atomic mass is 10.3. The molecule has 1 rings (SSSR count). The Kier molecular flexibility index (Phi) is 5.35. The van der Waals surface area contributed by atoms with Crippen molar-refractivity contribution in [3.63, 3.8) is 0 Å². The van der Waals surface area contributed by atoms with Crippen LogP contribution in [0.25, 0.3) is 0 Å². The summed E-state index contributed by atoms with van der Waals surface area (Å²) in [7, 11) is 3.36. The van der Waals surface area contributed by atoms with Crippen LogP contribution in [0, 0.1) is 0 Å². The zero-order chi connectivity index (χ0) is 12.7. The maximum atomic E-state index is 12.0. The summed E-state index contributed by atoms with van der Waals surface area (Å²) in [6.07, 6.45) is 3.01. The number of likely N-dealkylation sites (N-methyl/N-ethyl adjacent to an activating group) is 1. The van der Waals surface area contributed by atoms with Crippen molar-refractivity contribution >= 4 is 11.7 Å². The predicted molar refractivity (Wildman–Crippen MR) is 65.0 cm³/mol. The molecule has 1 aromatic rings. The van der Waals surface area contributed by atoms with Crippen LogP contribution < -0.4 is 5.32 Å². The average molecular weight is 238 g/mol. The molecule has 1 heterocycles. The Hall–Kier alpha value is -1.69. The highest BCUT2D eigenvalue weighted by Crippen LogP contribution is 2.03. The van der Waals surface area contributed by atoms with Gasteiger partial charge in [-0.3, -0.25) is 4.79 Å². The van der Waals surface area contributed by atoms with Gasteiger partial charge >= 0.3 is 0 Å². The van der Waals surface area contributed by atoms with Crippen molar-refractivity contribution in [2.24, 2.45) is 0 Å². The molecule has 0 saturated heterocycles. The van der Waals surface area contributed by atoms with Crippen LogP contribution in [0.4, 0.5) is 5.82 Å². The molecule has 0 atom stereocenters. The lowest BCUT2D eigenvalue weighted by Gasteiger charge is -2.19. The van der Waals surface area contributed by atoms with Gasteiger partial charge in [0.2, 0.25) is 0 Å². The molecule has 0 aliphatic carbocycles. The number of ether oxygens (including phenoxy) is 1. The second-order valence-corrected chi connectivity index (χ2v) is 3.41. The van der Waals surface area contributed by atoms with Crippen LogP contribution in [-0.2, 0) is 4.74 Å². The van der Waals surface area contributed by atoms with Gasteiger partial charge in [0.05, 0.1) is 19.0 Å². The van der Waals surface area contributed by atoms with E-state index in [9.17, 15) is 4.79 Å². The number of carbonyl (C=O) groups is 1. The Morgan fingerprint density at radius 3 is 2.71 bits per heavy atom. The fourth-order valence-corrected chi connectivity index (χ4v) is 1.33. The van der Waals surface area contributed by atoms with Crippen molar-refractivity contribution in [1.82, 2.24) is 14.9 Å². The van der Waals surface area contributed by atoms with E-state index in [1.54, 1.807) is 19.1 Å². The predicted octanol–water partition coefficient (Wildman–Crippen LogP) is 0.627. The highest BCUT2D eigenvalue weighted by molar-refractivity contribution is 5.92. The number of hydrogen-bond donors (Lipinski definition) is 1. The Balaban J connectivity index is 2.71. The van der Waals surface area contributed by atoms with E-state index in [0.29, 0.717) is 31.2 Å². The number of amides is 1. The van der Waals surface area contributed by atoms with Crippen molar-refractivity contribution in [2.45, 2.75) is 6.92 Å². The van der Waals surface area contributed by atoms with Gasteiger partial charge in [0.1, 0.15) is 11.5 Å². The van der Waals surface area contributed by atoms with Gasteiger partial charge in [0.25, 0.3) is 5.91 Å². The summed E-state index contributed by atoms with van der Waals surface area (Å²) in [5.41, 5.74) is 0.349. The molecule has 0 spiro atoms. The summed E-state index contributed by atoms with van der Waals surface area (Å²) in [6, 6.07) is 0. The fraction of sp³-hybridized carbons (Fsp3) is 0.545. The Bertz CT molecular complexity index is 353. The van der Waals surface area contributed by atoms with Gasteiger partial charge in [-0.15, -0.1) is 0 Å². The summed E-state index contributed by atoms with van der Waals surface area (Å²) >= 11 is 0. The molecule has 0 aromatic carbocycles. The Morgan fingerprint density at radius 1 is 1.47 bits per heavy atom. The molecule has 0 fully saturated rings. The Labute approximate surface area is 101 Å². The zero-order valence-electron chi connectivity index (χ0n) is 10.4. The molecule has 0 aliphatic rings. The minimum Gasteiger partial charge on any atom is -0.383 e. The van der Waals surface area contributed by atoms with Crippen LogP contribution in [0.2, 0.25) is 0 Å². The summed E-state index contributed by atoms with van der Waals surface area (Å²) in [4.78, 5) is 21.8. The summed E-state index contributed by atoms with van der Waals surface area (Å²) in [5.74, 6) is 0.515. The maximum Gasteiger partial charge on any atom is 0.274 e. The van der Waals surface area contributed by atoms with Crippen molar-refractivity contribution in [1.29, 1.82) is 0 Å². The van der Waals surface area contributed by atoms with E-state index in [0.717, 1.165) is 0 Å². The van der Waals surface area contributed by atoms with E-state index in [-0.39, 0.29) is 5.91 Å². The summed E-state index contributed by atoms with van der Waals surface area (Å²) in [6.45, 7) is 3.61. The molecule has 1 aromatic heterocycles. The van der Waals surface area contributed by atoms with Gasteiger partial charge in [-0.2, -0.15) is 0 Å². The van der Waals surface area contributed by atoms with Gasteiger partial charge in [-0.25, -0.2) is 9.97 Å². The van der Waals surface area contributed by atoms with Crippen LogP contribution in [0.15, 0.2) is 12.4 Å². The first kappa shape index (κ1) is 13.4. The maximum absolute atomic E-state index is 12.0. The third kappa shape index (κ3) is 3.67. The van der Waals surface area contributed by atoms with E-state index < -0.39 is 0 Å². The van der Waals surface area contributed by atoms with E-state index in [2.05, 4.69) is 15.3 Å². The Morgan fingerprint density at radius 2 is 2.24 bits per heavy atom. The minimum atomic E-state index is -0.125. The van der Waals surface area contributed by atoms with Crippen LogP contribution >= 0.6 is 0 Å². The third-order valence-electron chi connectivity index (χ3n) is 2.36. The van der Waals surface area contributed by atoms with E-state index in [4.69, 9.17) is 4.74 Å². The third-order valence-corrected chi connectivity index (χ3v) is 2.36. The van der Waals surface area contributed by atoms with Crippen molar-refractivity contribution in [3.05, 3.63) is 18.1 Å². The monoisotopic (exact) mass is 238 g/mol. The molecule has 0 saturated carbocycles. The number of rotatable bonds is 6. The molecule has 6 nitrogen and oxygen atoms in total.